The molecule has 0 amide bonds. The normalized spacial score (nSPS) is 15.0. The Kier molecular flexibility index (Phi) is 3.82. The summed E-state index contributed by atoms with van der Waals surface area (Å²) in [7, 11) is 0. The molecule has 0 aliphatic carbocycles. The molecule has 2 aromatic heterocycles. The van der Waals surface area contributed by atoms with Crippen LogP contribution in [-0.4, -0.2) is 9.97 Å². The van der Waals surface area contributed by atoms with Gasteiger partial charge in [-0.2, -0.15) is 0 Å². The molecule has 45 heavy (non-hydrogen) atoms. The summed E-state index contributed by atoms with van der Waals surface area (Å²) in [6.45, 7) is 0. The van der Waals surface area contributed by atoms with E-state index in [0.29, 0.717) is 27.5 Å². The van der Waals surface area contributed by atoms with Gasteiger partial charge in [-0.15, -0.1) is 0 Å². The van der Waals surface area contributed by atoms with Gasteiger partial charge in [0.2, 0.25) is 0 Å². The van der Waals surface area contributed by atoms with Crippen molar-refractivity contribution in [1.29, 1.82) is 0 Å². The maximum atomic E-state index is 8.86. The molecule has 0 atom stereocenters. The molecule has 0 N–H and O–H groups in total. The van der Waals surface area contributed by atoms with E-state index in [1.165, 1.54) is 0 Å². The molecule has 9 rings (SSSR count). The van der Waals surface area contributed by atoms with Gasteiger partial charge in [0, 0.05) is 33.0 Å². The first-order valence-electron chi connectivity index (χ1n) is 19.8. The van der Waals surface area contributed by atoms with Crippen molar-refractivity contribution in [2.45, 2.75) is 0 Å². The Morgan fingerprint density at radius 1 is 0.489 bits per heavy atom. The highest BCUT2D eigenvalue weighted by molar-refractivity contribution is 6.16. The molecule has 3 nitrogen and oxygen atoms in total. The molecule has 0 bridgehead atoms. The van der Waals surface area contributed by atoms with Crippen molar-refractivity contribution in [3.05, 3.63) is 157 Å². The van der Waals surface area contributed by atoms with E-state index in [0.717, 1.165) is 21.5 Å². The summed E-state index contributed by atoms with van der Waals surface area (Å²) < 4.78 is 100. The van der Waals surface area contributed by atoms with Crippen molar-refractivity contribution in [1.82, 2.24) is 9.97 Å². The van der Waals surface area contributed by atoms with Gasteiger partial charge in [-0.05, 0) is 51.4 Å². The van der Waals surface area contributed by atoms with Gasteiger partial charge in [-0.1, -0.05) is 133 Å². The molecular weight excluding hydrogens is 548 g/mol. The van der Waals surface area contributed by atoms with Crippen molar-refractivity contribution < 1.29 is 19.5 Å². The number of fused-ring (bicyclic) bond motifs is 6. The van der Waals surface area contributed by atoms with E-state index < -0.39 is 60.4 Å². The Labute approximate surface area is 275 Å². The van der Waals surface area contributed by atoms with E-state index in [9.17, 15) is 0 Å². The lowest BCUT2D eigenvalue weighted by molar-refractivity contribution is 0.670. The second kappa shape index (κ2) is 10.3. The van der Waals surface area contributed by atoms with Crippen molar-refractivity contribution in [3.63, 3.8) is 0 Å². The number of hydrogen-bond donors (Lipinski definition) is 0. The lowest BCUT2D eigenvalue weighted by Crippen LogP contribution is -1.97. The number of furan rings is 1. The number of aromatic nitrogens is 2. The van der Waals surface area contributed by atoms with Gasteiger partial charge in [-0.3, -0.25) is 0 Å². The first-order chi connectivity index (χ1) is 26.8. The Morgan fingerprint density at radius 3 is 2.00 bits per heavy atom. The summed E-state index contributed by atoms with van der Waals surface area (Å²) in [4.78, 5) is 10.0. The molecule has 2 heterocycles. The molecule has 7 aromatic carbocycles. The zero-order valence-corrected chi connectivity index (χ0v) is 23.5. The zero-order valence-electron chi connectivity index (χ0n) is 34.5. The van der Waals surface area contributed by atoms with Crippen LogP contribution in [0.3, 0.4) is 0 Å². The van der Waals surface area contributed by atoms with E-state index in [1.807, 2.05) is 54.6 Å². The summed E-state index contributed by atoms with van der Waals surface area (Å²) in [6.07, 6.45) is 0. The number of rotatable bonds is 4. The molecule has 0 spiro atoms. The first kappa shape index (κ1) is 16.7. The summed E-state index contributed by atoms with van der Waals surface area (Å²) in [5.74, 6) is 0.211. The third kappa shape index (κ3) is 4.21. The van der Waals surface area contributed by atoms with Gasteiger partial charge >= 0.3 is 0 Å². The summed E-state index contributed by atoms with van der Waals surface area (Å²) in [5.41, 5.74) is 2.02. The maximum absolute atomic E-state index is 8.86. The molecule has 210 valence electrons. The van der Waals surface area contributed by atoms with Gasteiger partial charge in [0.1, 0.15) is 11.2 Å². The quantitative estimate of drug-likeness (QED) is 0.193. The molecule has 0 fully saturated rings. The first-order valence-corrected chi connectivity index (χ1v) is 14.3. The average molecular weight is 586 g/mol. The predicted octanol–water partition coefficient (Wildman–Crippen LogP) is 11.4. The van der Waals surface area contributed by atoms with Crippen LogP contribution in [0, 0.1) is 0 Å². The van der Waals surface area contributed by atoms with E-state index in [4.69, 9.17) is 29.5 Å². The monoisotopic (exact) mass is 585 g/mol. The molecule has 0 saturated heterocycles. The minimum atomic E-state index is -0.542. The van der Waals surface area contributed by atoms with Crippen LogP contribution in [0.4, 0.5) is 0 Å². The highest BCUT2D eigenvalue weighted by Gasteiger charge is 2.20. The molecule has 0 radical (unpaired) electrons. The molecular formula is C42H26N2O. The van der Waals surface area contributed by atoms with E-state index >= 15 is 0 Å². The minimum Gasteiger partial charge on any atom is -0.455 e. The van der Waals surface area contributed by atoms with E-state index in [2.05, 4.69) is 0 Å². The molecule has 9 aromatic rings. The second-order valence-corrected chi connectivity index (χ2v) is 10.5. The third-order valence-electron chi connectivity index (χ3n) is 8.00. The summed E-state index contributed by atoms with van der Waals surface area (Å²) in [5, 5.41) is 4.61. The lowest BCUT2D eigenvalue weighted by Gasteiger charge is -2.14. The third-order valence-corrected chi connectivity index (χ3v) is 8.00. The highest BCUT2D eigenvalue weighted by Crippen LogP contribution is 2.42. The Bertz CT molecular complexity index is 3120. The van der Waals surface area contributed by atoms with Gasteiger partial charge in [0.25, 0.3) is 0 Å². The van der Waals surface area contributed by atoms with E-state index in [1.54, 1.807) is 36.4 Å². The lowest BCUT2D eigenvalue weighted by atomic mass is 9.95. The Balaban J connectivity index is 1.42. The Hall–Kier alpha value is -6.06. The van der Waals surface area contributed by atoms with Crippen molar-refractivity contribution in [2.24, 2.45) is 0 Å². The van der Waals surface area contributed by atoms with Crippen LogP contribution in [0.25, 0.3) is 88.5 Å². The molecule has 0 aliphatic heterocycles. The molecule has 3 heteroatoms. The standard InChI is InChI=1S/C42H26N2O/c1-3-13-27(14-4-1)31-23-24-34(40-35-21-11-12-22-39(35)45-41(31)40)38-26-37(28-15-5-2-6-16-28)43-42(44-38)36-25-29-17-7-8-18-30(29)32-19-9-10-20-33(32)36/h1-26H/i1D,2D,3D,4D,5D,6D,11D,13D,14D,15D,16D. The smallest absolute Gasteiger partial charge is 0.161 e. The van der Waals surface area contributed by atoms with Crippen molar-refractivity contribution >= 4 is 43.5 Å². The SMILES string of the molecule is [2H]c1ccc2oc3c(-c4c([2H])c([2H])c([2H])c([2H])c4[2H])ccc(-c4cc(-c5c([2H])c([2H])c([2H])c([2H])c5[2H])nc(-c5cc6ccccc6c6ccccc56)n4)c3c2c1. The topological polar surface area (TPSA) is 38.9 Å². The van der Waals surface area contributed by atoms with Crippen LogP contribution in [0.5, 0.6) is 0 Å². The predicted molar refractivity (Wildman–Crippen MR) is 186 cm³/mol. The molecule has 0 unspecified atom stereocenters. The fourth-order valence-corrected chi connectivity index (χ4v) is 6.01. The summed E-state index contributed by atoms with van der Waals surface area (Å²) in [6, 6.07) is 22.6. The van der Waals surface area contributed by atoms with Crippen LogP contribution in [0.15, 0.2) is 162 Å². The number of hydrogen-bond acceptors (Lipinski definition) is 3. The van der Waals surface area contributed by atoms with E-state index in [-0.39, 0.29) is 45.5 Å². The zero-order chi connectivity index (χ0) is 39.3. The van der Waals surface area contributed by atoms with Crippen LogP contribution in [0.2, 0.25) is 0 Å². The summed E-state index contributed by atoms with van der Waals surface area (Å²) >= 11 is 0. The second-order valence-electron chi connectivity index (χ2n) is 10.5. The van der Waals surface area contributed by atoms with Crippen LogP contribution in [0.1, 0.15) is 15.1 Å². The minimum absolute atomic E-state index is 0.0658. The number of para-hydroxylation sites is 1. The fraction of sp³-hybridized carbons (Fsp3) is 0. The van der Waals surface area contributed by atoms with Gasteiger partial charge in [0.05, 0.1) is 26.5 Å². The largest absolute Gasteiger partial charge is 0.455 e. The Morgan fingerprint density at radius 2 is 1.18 bits per heavy atom. The van der Waals surface area contributed by atoms with Crippen molar-refractivity contribution in [2.75, 3.05) is 0 Å². The molecule has 0 saturated carbocycles. The van der Waals surface area contributed by atoms with Crippen molar-refractivity contribution in [3.8, 4) is 45.0 Å². The number of benzene rings is 7. The van der Waals surface area contributed by atoms with Gasteiger partial charge in [-0.25, -0.2) is 9.97 Å². The van der Waals surface area contributed by atoms with Crippen LogP contribution in [-0.2, 0) is 0 Å². The van der Waals surface area contributed by atoms with Gasteiger partial charge < -0.3 is 4.42 Å². The number of nitrogens with zero attached hydrogens (tertiary/aromatic N) is 2. The molecule has 0 aliphatic rings. The van der Waals surface area contributed by atoms with Crippen LogP contribution < -0.4 is 0 Å². The maximum Gasteiger partial charge on any atom is 0.161 e. The van der Waals surface area contributed by atoms with Crippen LogP contribution >= 0.6 is 0 Å². The average Bonchev–Trinajstić information content (AvgIpc) is 3.59. The highest BCUT2D eigenvalue weighted by atomic mass is 16.3. The van der Waals surface area contributed by atoms with Gasteiger partial charge in [0.15, 0.2) is 5.82 Å². The fourth-order valence-electron chi connectivity index (χ4n) is 6.01.